The Morgan fingerprint density at radius 1 is 1.00 bits per heavy atom. The smallest absolute Gasteiger partial charge is 0.408 e. The molecule has 0 radical (unpaired) electrons. The fourth-order valence-corrected chi connectivity index (χ4v) is 1.52. The minimum Gasteiger partial charge on any atom is -0.458 e. The van der Waals surface area contributed by atoms with Gasteiger partial charge in [-0.1, -0.05) is 0 Å². The van der Waals surface area contributed by atoms with E-state index in [-0.39, 0.29) is 12.8 Å². The molecule has 0 aliphatic rings. The molecule has 0 aromatic rings. The SMILES string of the molecule is CC(C)(C)OC(=O)N[C@@H](CC[C@H](O)CO)C(=O)OC(C)(C)C. The van der Waals surface area contributed by atoms with Crippen LogP contribution in [0.5, 0.6) is 0 Å². The van der Waals surface area contributed by atoms with Crippen LogP contribution < -0.4 is 5.32 Å². The van der Waals surface area contributed by atoms with Crippen LogP contribution in [-0.2, 0) is 14.3 Å². The lowest BCUT2D eigenvalue weighted by Gasteiger charge is -2.26. The molecule has 3 N–H and O–H groups in total. The average molecular weight is 319 g/mol. The number of ether oxygens (including phenoxy) is 2. The minimum atomic E-state index is -0.953. The minimum absolute atomic E-state index is 0.135. The second-order valence-electron chi connectivity index (χ2n) is 7.15. The normalized spacial score (nSPS) is 14.9. The lowest BCUT2D eigenvalue weighted by molar-refractivity contribution is -0.157. The Balaban J connectivity index is 4.78. The van der Waals surface area contributed by atoms with Gasteiger partial charge in [-0.15, -0.1) is 0 Å². The highest BCUT2D eigenvalue weighted by Crippen LogP contribution is 2.13. The molecular weight excluding hydrogens is 290 g/mol. The lowest BCUT2D eigenvalue weighted by atomic mass is 10.1. The van der Waals surface area contributed by atoms with Gasteiger partial charge in [0.2, 0.25) is 0 Å². The van der Waals surface area contributed by atoms with Crippen molar-refractivity contribution in [1.29, 1.82) is 0 Å². The van der Waals surface area contributed by atoms with Crippen LogP contribution in [0.15, 0.2) is 0 Å². The molecule has 0 unspecified atom stereocenters. The Morgan fingerprint density at radius 2 is 1.50 bits per heavy atom. The van der Waals surface area contributed by atoms with Crippen LogP contribution in [0.3, 0.4) is 0 Å². The number of esters is 1. The molecule has 0 spiro atoms. The van der Waals surface area contributed by atoms with E-state index in [2.05, 4.69) is 5.32 Å². The maximum Gasteiger partial charge on any atom is 0.408 e. The van der Waals surface area contributed by atoms with Crippen LogP contribution in [0.4, 0.5) is 4.79 Å². The zero-order valence-electron chi connectivity index (χ0n) is 14.3. The van der Waals surface area contributed by atoms with Gasteiger partial charge in [0.1, 0.15) is 17.2 Å². The van der Waals surface area contributed by atoms with E-state index >= 15 is 0 Å². The Kier molecular flexibility index (Phi) is 7.83. The van der Waals surface area contributed by atoms with Crippen molar-refractivity contribution in [3.8, 4) is 0 Å². The van der Waals surface area contributed by atoms with Crippen LogP contribution in [0.2, 0.25) is 0 Å². The molecule has 0 rings (SSSR count). The van der Waals surface area contributed by atoms with Crippen molar-refractivity contribution in [3.63, 3.8) is 0 Å². The van der Waals surface area contributed by atoms with E-state index < -0.39 is 42.0 Å². The monoisotopic (exact) mass is 319 g/mol. The van der Waals surface area contributed by atoms with Crippen LogP contribution in [0.1, 0.15) is 54.4 Å². The summed E-state index contributed by atoms with van der Waals surface area (Å²) in [5, 5.41) is 20.7. The first-order chi connectivity index (χ1) is 9.84. The van der Waals surface area contributed by atoms with Crippen LogP contribution >= 0.6 is 0 Å². The van der Waals surface area contributed by atoms with Crippen molar-refractivity contribution in [2.45, 2.75) is 77.7 Å². The second-order valence-corrected chi connectivity index (χ2v) is 7.15. The number of hydrogen-bond donors (Lipinski definition) is 3. The zero-order chi connectivity index (χ0) is 17.6. The second kappa shape index (κ2) is 8.33. The molecule has 0 aliphatic carbocycles. The van der Waals surface area contributed by atoms with Crippen molar-refractivity contribution >= 4 is 12.1 Å². The van der Waals surface area contributed by atoms with Gasteiger partial charge in [0.15, 0.2) is 0 Å². The van der Waals surface area contributed by atoms with E-state index in [1.165, 1.54) is 0 Å². The van der Waals surface area contributed by atoms with Gasteiger partial charge in [-0.05, 0) is 54.4 Å². The maximum atomic E-state index is 12.1. The highest BCUT2D eigenvalue weighted by Gasteiger charge is 2.28. The van der Waals surface area contributed by atoms with Crippen molar-refractivity contribution < 1.29 is 29.3 Å². The Bertz CT molecular complexity index is 369. The first-order valence-electron chi connectivity index (χ1n) is 7.35. The largest absolute Gasteiger partial charge is 0.458 e. The first kappa shape index (κ1) is 20.7. The third-order valence-corrected chi connectivity index (χ3v) is 2.38. The van der Waals surface area contributed by atoms with Crippen molar-refractivity contribution in [1.82, 2.24) is 5.32 Å². The van der Waals surface area contributed by atoms with Gasteiger partial charge < -0.3 is 25.0 Å². The van der Waals surface area contributed by atoms with E-state index in [4.69, 9.17) is 14.6 Å². The summed E-state index contributed by atoms with van der Waals surface area (Å²) in [5.74, 6) is -0.608. The molecule has 22 heavy (non-hydrogen) atoms. The molecule has 0 aromatic carbocycles. The van der Waals surface area contributed by atoms with Gasteiger partial charge in [0.25, 0.3) is 0 Å². The van der Waals surface area contributed by atoms with Gasteiger partial charge in [0.05, 0.1) is 12.7 Å². The zero-order valence-corrected chi connectivity index (χ0v) is 14.3. The number of amides is 1. The van der Waals surface area contributed by atoms with Gasteiger partial charge in [-0.2, -0.15) is 0 Å². The molecule has 0 aromatic heterocycles. The molecular formula is C15H29NO6. The molecule has 0 bridgehead atoms. The number of rotatable bonds is 6. The standard InChI is InChI=1S/C15H29NO6/c1-14(2,3)21-12(19)11(8-7-10(18)9-17)16-13(20)22-15(4,5)6/h10-11,17-18H,7-9H2,1-6H3,(H,16,20)/t10-,11-/m0/s1. The third-order valence-electron chi connectivity index (χ3n) is 2.38. The summed E-state index contributed by atoms with van der Waals surface area (Å²) >= 11 is 0. The predicted molar refractivity (Wildman–Crippen MR) is 81.3 cm³/mol. The lowest BCUT2D eigenvalue weighted by Crippen LogP contribution is -2.46. The van der Waals surface area contributed by atoms with Gasteiger partial charge in [-0.25, -0.2) is 9.59 Å². The summed E-state index contributed by atoms with van der Waals surface area (Å²) in [5.41, 5.74) is -1.38. The first-order valence-corrected chi connectivity index (χ1v) is 7.35. The third kappa shape index (κ3) is 10.4. The number of aliphatic hydroxyl groups excluding tert-OH is 2. The molecule has 0 fully saturated rings. The van der Waals surface area contributed by atoms with E-state index in [9.17, 15) is 14.7 Å². The maximum absolute atomic E-state index is 12.1. The number of hydrogen-bond acceptors (Lipinski definition) is 6. The number of alkyl carbamates (subject to hydrolysis) is 1. The van der Waals surface area contributed by atoms with Gasteiger partial charge >= 0.3 is 12.1 Å². The summed E-state index contributed by atoms with van der Waals surface area (Å²) in [6, 6.07) is -0.949. The summed E-state index contributed by atoms with van der Waals surface area (Å²) < 4.78 is 10.4. The highest BCUT2D eigenvalue weighted by molar-refractivity contribution is 5.81. The molecule has 7 heteroatoms. The molecule has 1 amide bonds. The molecule has 0 heterocycles. The Morgan fingerprint density at radius 3 is 1.91 bits per heavy atom. The average Bonchev–Trinajstić information content (AvgIpc) is 2.29. The van der Waals surface area contributed by atoms with Crippen molar-refractivity contribution in [2.24, 2.45) is 0 Å². The molecule has 0 saturated heterocycles. The number of carbonyl (C=O) groups excluding carboxylic acids is 2. The molecule has 0 saturated carbocycles. The Hall–Kier alpha value is -1.34. The fourth-order valence-electron chi connectivity index (χ4n) is 1.52. The molecule has 130 valence electrons. The summed E-state index contributed by atoms with van der Waals surface area (Å²) in [6.07, 6.45) is -1.40. The van der Waals surface area contributed by atoms with Crippen LogP contribution in [-0.4, -0.2) is 52.2 Å². The van der Waals surface area contributed by atoms with Crippen molar-refractivity contribution in [3.05, 3.63) is 0 Å². The van der Waals surface area contributed by atoms with E-state index in [0.29, 0.717) is 0 Å². The van der Waals surface area contributed by atoms with E-state index in [1.54, 1.807) is 41.5 Å². The van der Waals surface area contributed by atoms with Crippen LogP contribution in [0, 0.1) is 0 Å². The number of nitrogens with one attached hydrogen (secondary N) is 1. The molecule has 2 atom stereocenters. The van der Waals surface area contributed by atoms with E-state index in [0.717, 1.165) is 0 Å². The van der Waals surface area contributed by atoms with Gasteiger partial charge in [0, 0.05) is 0 Å². The highest BCUT2D eigenvalue weighted by atomic mass is 16.6. The molecule has 7 nitrogen and oxygen atoms in total. The predicted octanol–water partition coefficient (Wildman–Crippen LogP) is 1.35. The quantitative estimate of drug-likeness (QED) is 0.638. The van der Waals surface area contributed by atoms with E-state index in [1.807, 2.05) is 0 Å². The number of aliphatic hydroxyl groups is 2. The summed E-state index contributed by atoms with van der Waals surface area (Å²) in [6.45, 7) is 9.89. The van der Waals surface area contributed by atoms with Crippen molar-refractivity contribution in [2.75, 3.05) is 6.61 Å². The van der Waals surface area contributed by atoms with Crippen LogP contribution in [0.25, 0.3) is 0 Å². The Labute approximate surface area is 132 Å². The fraction of sp³-hybridized carbons (Fsp3) is 0.867. The number of carbonyl (C=O) groups is 2. The summed E-state index contributed by atoms with van der Waals surface area (Å²) in [4.78, 5) is 23.9. The molecule has 0 aliphatic heterocycles. The van der Waals surface area contributed by atoms with Gasteiger partial charge in [-0.3, -0.25) is 0 Å². The summed E-state index contributed by atoms with van der Waals surface area (Å²) in [7, 11) is 0. The topological polar surface area (TPSA) is 105 Å².